The van der Waals surface area contributed by atoms with Gasteiger partial charge in [-0.25, -0.2) is 4.79 Å². The normalized spacial score (nSPS) is 10.9. The summed E-state index contributed by atoms with van der Waals surface area (Å²) in [6.07, 6.45) is 0.761. The summed E-state index contributed by atoms with van der Waals surface area (Å²) >= 11 is 14.9. The summed E-state index contributed by atoms with van der Waals surface area (Å²) in [4.78, 5) is 25.8. The lowest BCUT2D eigenvalue weighted by molar-refractivity contribution is -0.113. The van der Waals surface area contributed by atoms with Gasteiger partial charge in [-0.1, -0.05) is 41.9 Å². The molecule has 3 aromatic rings. The molecule has 11 heteroatoms. The van der Waals surface area contributed by atoms with E-state index in [0.29, 0.717) is 43.7 Å². The number of carbonyl (C=O) groups is 2. The number of rotatable bonds is 9. The van der Waals surface area contributed by atoms with Gasteiger partial charge in [0.25, 0.3) is 0 Å². The van der Waals surface area contributed by atoms with Gasteiger partial charge in [-0.3, -0.25) is 4.79 Å². The quantitative estimate of drug-likeness (QED) is 0.287. The average molecular weight is 513 g/mol. The van der Waals surface area contributed by atoms with Crippen LogP contribution in [0.4, 0.5) is 5.00 Å². The molecule has 2 heterocycles. The Balaban J connectivity index is 1.73. The van der Waals surface area contributed by atoms with Gasteiger partial charge in [0.05, 0.1) is 22.9 Å². The van der Waals surface area contributed by atoms with E-state index in [1.165, 1.54) is 23.1 Å². The molecule has 0 atom stereocenters. The number of carbonyl (C=O) groups excluding carboxylic acids is 2. The topological polar surface area (TPSA) is 86.1 Å². The highest BCUT2D eigenvalue weighted by Crippen LogP contribution is 2.32. The van der Waals surface area contributed by atoms with Crippen molar-refractivity contribution >= 4 is 63.2 Å². The van der Waals surface area contributed by atoms with Crippen LogP contribution in [0.5, 0.6) is 0 Å². The Morgan fingerprint density at radius 3 is 2.62 bits per heavy atom. The molecule has 2 aromatic heterocycles. The van der Waals surface area contributed by atoms with Crippen LogP contribution < -0.4 is 5.32 Å². The zero-order chi connectivity index (χ0) is 23.3. The molecule has 0 saturated heterocycles. The molecule has 1 N–H and O–H groups in total. The molecule has 1 amide bonds. The fourth-order valence-electron chi connectivity index (χ4n) is 2.91. The minimum Gasteiger partial charge on any atom is -0.462 e. The van der Waals surface area contributed by atoms with E-state index in [4.69, 9.17) is 27.9 Å². The van der Waals surface area contributed by atoms with E-state index in [2.05, 4.69) is 15.5 Å². The number of esters is 1. The maximum absolute atomic E-state index is 12.6. The molecule has 0 fully saturated rings. The van der Waals surface area contributed by atoms with Crippen molar-refractivity contribution in [2.75, 3.05) is 17.7 Å². The number of halogens is 2. The summed E-state index contributed by atoms with van der Waals surface area (Å²) in [6, 6.07) is 6.95. The van der Waals surface area contributed by atoms with Crippen molar-refractivity contribution < 1.29 is 14.3 Å². The standard InChI is InChI=1S/C21H22Cl2N4O3S2/c1-4-13-10-15(20(29)30-6-3)19(32-13)24-17(28)11-31-21-26-25-18(27(21)5-2)14-8-7-12(22)9-16(14)23/h7-10H,4-6,11H2,1-3H3,(H,24,28). The van der Waals surface area contributed by atoms with E-state index >= 15 is 0 Å². The lowest BCUT2D eigenvalue weighted by Gasteiger charge is -2.09. The second kappa shape index (κ2) is 11.2. The summed E-state index contributed by atoms with van der Waals surface area (Å²) in [5.41, 5.74) is 1.09. The van der Waals surface area contributed by atoms with Crippen molar-refractivity contribution in [3.8, 4) is 11.4 Å². The van der Waals surface area contributed by atoms with E-state index in [1.54, 1.807) is 31.2 Å². The lowest BCUT2D eigenvalue weighted by atomic mass is 10.2. The number of hydrogen-bond acceptors (Lipinski definition) is 7. The van der Waals surface area contributed by atoms with Gasteiger partial charge in [-0.2, -0.15) is 0 Å². The van der Waals surface area contributed by atoms with Crippen LogP contribution in [-0.2, 0) is 22.5 Å². The molecule has 0 spiro atoms. The van der Waals surface area contributed by atoms with Gasteiger partial charge >= 0.3 is 5.97 Å². The number of thiophene rings is 1. The zero-order valence-corrected chi connectivity index (χ0v) is 20.9. The van der Waals surface area contributed by atoms with Gasteiger partial charge < -0.3 is 14.6 Å². The molecule has 0 saturated carbocycles. The third kappa shape index (κ3) is 5.64. The summed E-state index contributed by atoms with van der Waals surface area (Å²) in [6.45, 7) is 6.57. The smallest absolute Gasteiger partial charge is 0.341 e. The van der Waals surface area contributed by atoms with Gasteiger partial charge in [0, 0.05) is 22.0 Å². The molecule has 1 aromatic carbocycles. The number of amides is 1. The predicted octanol–water partition coefficient (Wildman–Crippen LogP) is 5.80. The Hall–Kier alpha value is -2.07. The molecule has 0 radical (unpaired) electrons. The highest BCUT2D eigenvalue weighted by atomic mass is 35.5. The molecule has 0 aliphatic heterocycles. The highest BCUT2D eigenvalue weighted by Gasteiger charge is 2.20. The SMILES string of the molecule is CCOC(=O)c1cc(CC)sc1NC(=O)CSc1nnc(-c2ccc(Cl)cc2Cl)n1CC. The van der Waals surface area contributed by atoms with E-state index in [1.807, 2.05) is 18.4 Å². The number of aryl methyl sites for hydroxylation is 1. The number of aromatic nitrogens is 3. The van der Waals surface area contributed by atoms with Crippen LogP contribution in [-0.4, -0.2) is 39.0 Å². The monoisotopic (exact) mass is 512 g/mol. The molecule has 7 nitrogen and oxygen atoms in total. The molecule has 0 unspecified atom stereocenters. The zero-order valence-electron chi connectivity index (χ0n) is 17.8. The van der Waals surface area contributed by atoms with Crippen LogP contribution in [0.3, 0.4) is 0 Å². The Morgan fingerprint density at radius 1 is 1.19 bits per heavy atom. The maximum atomic E-state index is 12.6. The molecule has 0 aliphatic carbocycles. The van der Waals surface area contributed by atoms with Crippen LogP contribution in [0.25, 0.3) is 11.4 Å². The Bertz CT molecular complexity index is 1130. The number of anilines is 1. The molecular formula is C21H22Cl2N4O3S2. The van der Waals surface area contributed by atoms with E-state index in [0.717, 1.165) is 11.3 Å². The van der Waals surface area contributed by atoms with Gasteiger partial charge in [0.1, 0.15) is 5.00 Å². The number of nitrogens with one attached hydrogen (secondary N) is 1. The largest absolute Gasteiger partial charge is 0.462 e. The predicted molar refractivity (Wildman–Crippen MR) is 130 cm³/mol. The first-order chi connectivity index (χ1) is 15.4. The summed E-state index contributed by atoms with van der Waals surface area (Å²) in [5, 5.41) is 13.4. The van der Waals surface area contributed by atoms with Crippen LogP contribution in [0, 0.1) is 0 Å². The molecule has 0 bridgehead atoms. The van der Waals surface area contributed by atoms with Gasteiger partial charge in [-0.05, 0) is 44.5 Å². The highest BCUT2D eigenvalue weighted by molar-refractivity contribution is 7.99. The Kier molecular flexibility index (Phi) is 8.58. The van der Waals surface area contributed by atoms with Gasteiger partial charge in [0.2, 0.25) is 5.91 Å². The van der Waals surface area contributed by atoms with E-state index in [9.17, 15) is 9.59 Å². The first kappa shape index (κ1) is 24.6. The second-order valence-corrected chi connectivity index (χ2v) is 9.46. The lowest BCUT2D eigenvalue weighted by Crippen LogP contribution is -2.16. The summed E-state index contributed by atoms with van der Waals surface area (Å²) in [7, 11) is 0. The fraction of sp³-hybridized carbons (Fsp3) is 0.333. The van der Waals surface area contributed by atoms with Crippen LogP contribution in [0.15, 0.2) is 29.4 Å². The van der Waals surface area contributed by atoms with E-state index in [-0.39, 0.29) is 18.3 Å². The Morgan fingerprint density at radius 2 is 1.97 bits per heavy atom. The van der Waals surface area contributed by atoms with Gasteiger partial charge in [-0.15, -0.1) is 21.5 Å². The summed E-state index contributed by atoms with van der Waals surface area (Å²) in [5.74, 6) is 0.0181. The van der Waals surface area contributed by atoms with Crippen molar-refractivity contribution in [2.24, 2.45) is 0 Å². The third-order valence-corrected chi connectivity index (χ3v) is 7.13. The van der Waals surface area contributed by atoms with Crippen molar-refractivity contribution in [3.63, 3.8) is 0 Å². The van der Waals surface area contributed by atoms with E-state index < -0.39 is 5.97 Å². The fourth-order valence-corrected chi connectivity index (χ4v) is 5.21. The third-order valence-electron chi connectivity index (χ3n) is 4.42. The maximum Gasteiger partial charge on any atom is 0.341 e. The number of ether oxygens (including phenoxy) is 1. The number of benzene rings is 1. The first-order valence-electron chi connectivity index (χ1n) is 9.98. The first-order valence-corrected chi connectivity index (χ1v) is 12.5. The molecular weight excluding hydrogens is 491 g/mol. The Labute approximate surface area is 204 Å². The minimum atomic E-state index is -0.443. The molecule has 0 aliphatic rings. The number of nitrogens with zero attached hydrogens (tertiary/aromatic N) is 3. The second-order valence-electron chi connectivity index (χ2n) is 6.54. The molecule has 3 rings (SSSR count). The van der Waals surface area contributed by atoms with Crippen molar-refractivity contribution in [1.29, 1.82) is 0 Å². The van der Waals surface area contributed by atoms with Crippen molar-refractivity contribution in [3.05, 3.63) is 44.8 Å². The minimum absolute atomic E-state index is 0.105. The van der Waals surface area contributed by atoms with Crippen molar-refractivity contribution in [1.82, 2.24) is 14.8 Å². The summed E-state index contributed by atoms with van der Waals surface area (Å²) < 4.78 is 6.99. The number of thioether (sulfide) groups is 1. The average Bonchev–Trinajstić information content (AvgIpc) is 3.36. The van der Waals surface area contributed by atoms with Crippen molar-refractivity contribution in [2.45, 2.75) is 38.9 Å². The van der Waals surface area contributed by atoms with Crippen LogP contribution in [0.2, 0.25) is 10.0 Å². The molecule has 32 heavy (non-hydrogen) atoms. The van der Waals surface area contributed by atoms with Crippen LogP contribution in [0.1, 0.15) is 36.0 Å². The van der Waals surface area contributed by atoms with Gasteiger partial charge in [0.15, 0.2) is 11.0 Å². The van der Waals surface area contributed by atoms with Crippen LogP contribution >= 0.6 is 46.3 Å². The number of hydrogen-bond donors (Lipinski definition) is 1. The molecule has 170 valence electrons.